The van der Waals surface area contributed by atoms with Crippen LogP contribution >= 0.6 is 0 Å². The SMILES string of the molecule is Cc1ccc(N2C[C@H]3C[C@@H](C2)[C@H](CNS(C)(=O)=O)n2c3cccc2=O)nn1. The summed E-state index contributed by atoms with van der Waals surface area (Å²) in [5.74, 6) is 1.17. The monoisotopic (exact) mass is 389 g/mol. The van der Waals surface area contributed by atoms with Crippen molar-refractivity contribution in [3.63, 3.8) is 0 Å². The Balaban J connectivity index is 1.71. The van der Waals surface area contributed by atoms with E-state index in [9.17, 15) is 13.2 Å². The van der Waals surface area contributed by atoms with E-state index in [1.807, 2.05) is 25.1 Å². The van der Waals surface area contributed by atoms with Crippen molar-refractivity contribution in [3.8, 4) is 0 Å². The third-order valence-electron chi connectivity index (χ3n) is 5.46. The number of nitrogens with one attached hydrogen (secondary N) is 1. The first-order valence-corrected chi connectivity index (χ1v) is 10.9. The summed E-state index contributed by atoms with van der Waals surface area (Å²) >= 11 is 0. The van der Waals surface area contributed by atoms with Gasteiger partial charge >= 0.3 is 0 Å². The van der Waals surface area contributed by atoms with Gasteiger partial charge in [0.25, 0.3) is 5.56 Å². The molecule has 27 heavy (non-hydrogen) atoms. The topological polar surface area (TPSA) is 97.2 Å². The second-order valence-electron chi connectivity index (χ2n) is 7.48. The first-order chi connectivity index (χ1) is 12.8. The van der Waals surface area contributed by atoms with Crippen LogP contribution in [0.5, 0.6) is 0 Å². The molecule has 0 spiro atoms. The molecular formula is C18H23N5O3S. The van der Waals surface area contributed by atoms with E-state index in [1.54, 1.807) is 16.7 Å². The van der Waals surface area contributed by atoms with E-state index in [0.717, 1.165) is 36.4 Å². The molecule has 0 amide bonds. The first kappa shape index (κ1) is 18.1. The number of hydrogen-bond donors (Lipinski definition) is 1. The first-order valence-electron chi connectivity index (χ1n) is 9.03. The van der Waals surface area contributed by atoms with Gasteiger partial charge in [-0.1, -0.05) is 6.07 Å². The van der Waals surface area contributed by atoms with E-state index in [0.29, 0.717) is 6.54 Å². The highest BCUT2D eigenvalue weighted by Crippen LogP contribution is 2.41. The fraction of sp³-hybridized carbons (Fsp3) is 0.500. The molecule has 8 nitrogen and oxygen atoms in total. The van der Waals surface area contributed by atoms with E-state index in [1.165, 1.54) is 0 Å². The molecule has 4 heterocycles. The van der Waals surface area contributed by atoms with E-state index in [4.69, 9.17) is 0 Å². The molecule has 2 aliphatic rings. The second-order valence-corrected chi connectivity index (χ2v) is 9.31. The highest BCUT2D eigenvalue weighted by Gasteiger charge is 2.41. The standard InChI is InChI=1S/C18H23N5O3S/c1-12-6-7-17(21-20-12)22-10-13-8-14(11-22)16(9-19-27(2,25)26)23-15(13)4-3-5-18(23)24/h3-7,13-14,16,19H,8-11H2,1-2H3/t13-,14+,16+/m1/s1. The van der Waals surface area contributed by atoms with Crippen LogP contribution in [0.15, 0.2) is 35.1 Å². The Morgan fingerprint density at radius 3 is 2.70 bits per heavy atom. The van der Waals surface area contributed by atoms with Crippen molar-refractivity contribution in [2.45, 2.75) is 25.3 Å². The third-order valence-corrected chi connectivity index (χ3v) is 6.15. The van der Waals surface area contributed by atoms with Crippen LogP contribution in [0.2, 0.25) is 0 Å². The molecule has 2 bridgehead atoms. The van der Waals surface area contributed by atoms with Crippen LogP contribution in [0, 0.1) is 12.8 Å². The Hall–Kier alpha value is -2.26. The quantitative estimate of drug-likeness (QED) is 0.825. The summed E-state index contributed by atoms with van der Waals surface area (Å²) in [6, 6.07) is 8.97. The van der Waals surface area contributed by atoms with E-state index in [2.05, 4.69) is 19.8 Å². The van der Waals surface area contributed by atoms with Crippen LogP contribution in [-0.2, 0) is 10.0 Å². The molecule has 2 aromatic rings. The maximum Gasteiger partial charge on any atom is 0.251 e. The van der Waals surface area contributed by atoms with Gasteiger partial charge in [-0.05, 0) is 37.5 Å². The van der Waals surface area contributed by atoms with Gasteiger partial charge in [0.05, 0.1) is 18.0 Å². The Bertz CT molecular complexity index is 1000. The Morgan fingerprint density at radius 2 is 2.00 bits per heavy atom. The van der Waals surface area contributed by atoms with Crippen molar-refractivity contribution < 1.29 is 8.42 Å². The second kappa shape index (κ2) is 6.72. The molecule has 144 valence electrons. The number of sulfonamides is 1. The zero-order valence-electron chi connectivity index (χ0n) is 15.4. The van der Waals surface area contributed by atoms with Gasteiger partial charge in [-0.25, -0.2) is 13.1 Å². The largest absolute Gasteiger partial charge is 0.354 e. The van der Waals surface area contributed by atoms with E-state index < -0.39 is 10.0 Å². The molecule has 2 aliphatic heterocycles. The third kappa shape index (κ3) is 3.61. The number of anilines is 1. The van der Waals surface area contributed by atoms with Crippen LogP contribution in [0.4, 0.5) is 5.82 Å². The molecule has 1 fully saturated rings. The minimum absolute atomic E-state index is 0.0777. The minimum atomic E-state index is -3.34. The lowest BCUT2D eigenvalue weighted by atomic mass is 9.78. The number of nitrogens with zero attached hydrogens (tertiary/aromatic N) is 4. The molecule has 9 heteroatoms. The number of aryl methyl sites for hydroxylation is 1. The summed E-state index contributed by atoms with van der Waals surface area (Å²) in [7, 11) is -3.34. The Morgan fingerprint density at radius 1 is 1.19 bits per heavy atom. The van der Waals surface area contributed by atoms with Gasteiger partial charge in [-0.15, -0.1) is 5.10 Å². The number of aromatic nitrogens is 3. The van der Waals surface area contributed by atoms with Crippen molar-refractivity contribution in [1.29, 1.82) is 0 Å². The maximum atomic E-state index is 12.6. The minimum Gasteiger partial charge on any atom is -0.354 e. The number of rotatable bonds is 4. The molecule has 0 aromatic carbocycles. The van der Waals surface area contributed by atoms with Crippen LogP contribution in [0.1, 0.15) is 29.8 Å². The molecule has 1 saturated heterocycles. The summed E-state index contributed by atoms with van der Waals surface area (Å²) in [5, 5.41) is 8.46. The molecule has 1 N–H and O–H groups in total. The van der Waals surface area contributed by atoms with Crippen molar-refractivity contribution in [2.24, 2.45) is 5.92 Å². The molecule has 0 aliphatic carbocycles. The lowest BCUT2D eigenvalue weighted by Gasteiger charge is -2.47. The summed E-state index contributed by atoms with van der Waals surface area (Å²) in [6.07, 6.45) is 2.07. The number of pyridine rings is 1. The molecule has 2 aromatic heterocycles. The smallest absolute Gasteiger partial charge is 0.251 e. The lowest BCUT2D eigenvalue weighted by Crippen LogP contribution is -2.52. The van der Waals surface area contributed by atoms with Crippen molar-refractivity contribution in [2.75, 3.05) is 30.8 Å². The fourth-order valence-electron chi connectivity index (χ4n) is 4.29. The van der Waals surface area contributed by atoms with Crippen LogP contribution in [0.3, 0.4) is 0 Å². The molecule has 0 radical (unpaired) electrons. The van der Waals surface area contributed by atoms with Gasteiger partial charge in [0, 0.05) is 37.3 Å². The van der Waals surface area contributed by atoms with Gasteiger partial charge in [0.15, 0.2) is 5.82 Å². The average molecular weight is 389 g/mol. The number of hydrogen-bond acceptors (Lipinski definition) is 6. The molecule has 3 atom stereocenters. The molecular weight excluding hydrogens is 366 g/mol. The molecule has 0 unspecified atom stereocenters. The van der Waals surface area contributed by atoms with Crippen LogP contribution < -0.4 is 15.2 Å². The van der Waals surface area contributed by atoms with Gasteiger partial charge in [0.2, 0.25) is 10.0 Å². The van der Waals surface area contributed by atoms with E-state index in [-0.39, 0.29) is 30.0 Å². The maximum absolute atomic E-state index is 12.6. The highest BCUT2D eigenvalue weighted by molar-refractivity contribution is 7.88. The normalized spacial score (nSPS) is 24.5. The summed E-state index contributed by atoms with van der Waals surface area (Å²) < 4.78 is 27.6. The predicted molar refractivity (Wildman–Crippen MR) is 102 cm³/mol. The van der Waals surface area contributed by atoms with Gasteiger partial charge in [0.1, 0.15) is 0 Å². The van der Waals surface area contributed by atoms with Gasteiger partial charge in [-0.2, -0.15) is 5.10 Å². The number of piperidine rings is 1. The molecule has 4 rings (SSSR count). The average Bonchev–Trinajstić information content (AvgIpc) is 2.62. The lowest BCUT2D eigenvalue weighted by molar-refractivity contribution is 0.213. The Labute approximate surface area is 158 Å². The fourth-order valence-corrected chi connectivity index (χ4v) is 4.76. The van der Waals surface area contributed by atoms with Crippen LogP contribution in [-0.4, -0.2) is 49.1 Å². The molecule has 0 saturated carbocycles. The van der Waals surface area contributed by atoms with Crippen molar-refractivity contribution in [3.05, 3.63) is 52.1 Å². The summed E-state index contributed by atoms with van der Waals surface area (Å²) in [6.45, 7) is 3.59. The van der Waals surface area contributed by atoms with Gasteiger partial charge < -0.3 is 9.47 Å². The zero-order valence-corrected chi connectivity index (χ0v) is 16.2. The van der Waals surface area contributed by atoms with Crippen LogP contribution in [0.25, 0.3) is 0 Å². The van der Waals surface area contributed by atoms with Crippen molar-refractivity contribution in [1.82, 2.24) is 19.5 Å². The predicted octanol–water partition coefficient (Wildman–Crippen LogP) is 0.661. The number of fused-ring (bicyclic) bond motifs is 4. The summed E-state index contributed by atoms with van der Waals surface area (Å²) in [4.78, 5) is 14.8. The Kier molecular flexibility index (Phi) is 4.51. The van der Waals surface area contributed by atoms with Crippen molar-refractivity contribution >= 4 is 15.8 Å². The van der Waals surface area contributed by atoms with E-state index >= 15 is 0 Å². The zero-order chi connectivity index (χ0) is 19.2. The highest BCUT2D eigenvalue weighted by atomic mass is 32.2. The summed E-state index contributed by atoms with van der Waals surface area (Å²) in [5.41, 5.74) is 1.75. The van der Waals surface area contributed by atoms with Gasteiger partial charge in [-0.3, -0.25) is 4.79 Å².